The molecule has 3 rings (SSSR count). The minimum atomic E-state index is -0.845. The summed E-state index contributed by atoms with van der Waals surface area (Å²) >= 11 is 12.6. The van der Waals surface area contributed by atoms with Crippen LogP contribution in [0.3, 0.4) is 0 Å². The fourth-order valence-electron chi connectivity index (χ4n) is 3.13. The minimum Gasteiger partial charge on any atom is -0.306 e. The minimum absolute atomic E-state index is 0.143. The zero-order valence-electron chi connectivity index (χ0n) is 15.9. The van der Waals surface area contributed by atoms with E-state index >= 15 is 0 Å². The summed E-state index contributed by atoms with van der Waals surface area (Å²) < 4.78 is 28.5. The lowest BCUT2D eigenvalue weighted by Crippen LogP contribution is -2.19. The Bertz CT molecular complexity index is 981. The van der Waals surface area contributed by atoms with Gasteiger partial charge in [0, 0.05) is 39.5 Å². The molecule has 0 radical (unpaired) electrons. The molecule has 0 spiro atoms. The van der Waals surface area contributed by atoms with Gasteiger partial charge in [0.2, 0.25) is 0 Å². The fraction of sp³-hybridized carbons (Fsp3) is 0.286. The van der Waals surface area contributed by atoms with E-state index in [4.69, 9.17) is 23.2 Å². The van der Waals surface area contributed by atoms with Crippen LogP contribution in [0, 0.1) is 25.5 Å². The number of rotatable bonds is 6. The van der Waals surface area contributed by atoms with Crippen LogP contribution in [0.2, 0.25) is 10.0 Å². The number of hydrogen-bond donors (Lipinski definition) is 1. The Morgan fingerprint density at radius 1 is 1.04 bits per heavy atom. The van der Waals surface area contributed by atoms with Crippen LogP contribution in [0.1, 0.15) is 41.0 Å². The molecule has 0 aliphatic carbocycles. The van der Waals surface area contributed by atoms with Crippen LogP contribution in [-0.4, -0.2) is 9.78 Å². The van der Waals surface area contributed by atoms with Crippen molar-refractivity contribution in [1.29, 1.82) is 0 Å². The van der Waals surface area contributed by atoms with E-state index in [-0.39, 0.29) is 6.04 Å². The van der Waals surface area contributed by atoms with Gasteiger partial charge in [-0.25, -0.2) is 8.78 Å². The summed E-state index contributed by atoms with van der Waals surface area (Å²) in [6, 6.07) is 9.22. The molecule has 1 atom stereocenters. The van der Waals surface area contributed by atoms with Crippen LogP contribution >= 0.6 is 23.2 Å². The van der Waals surface area contributed by atoms with Gasteiger partial charge in [-0.15, -0.1) is 0 Å². The average molecular weight is 424 g/mol. The average Bonchev–Trinajstić information content (AvgIpc) is 2.91. The Kier molecular flexibility index (Phi) is 6.38. The van der Waals surface area contributed by atoms with E-state index in [1.165, 1.54) is 6.07 Å². The number of nitrogens with one attached hydrogen (secondary N) is 1. The highest BCUT2D eigenvalue weighted by molar-refractivity contribution is 6.35. The Hall–Kier alpha value is -1.95. The molecule has 1 aromatic heterocycles. The van der Waals surface area contributed by atoms with Crippen molar-refractivity contribution in [2.24, 2.45) is 0 Å². The lowest BCUT2D eigenvalue weighted by atomic mass is 10.1. The van der Waals surface area contributed by atoms with Gasteiger partial charge in [-0.1, -0.05) is 35.3 Å². The van der Waals surface area contributed by atoms with Gasteiger partial charge in [-0.2, -0.15) is 5.10 Å². The standard InChI is InChI=1S/C21H21Cl2F2N3/c1-12(15-7-8-20(24)21(25)9-15)26-10-16-13(2)27-28(14(16)3)11-17-18(22)5-4-6-19(17)23/h4-9,12,26H,10-11H2,1-3H3/t12-/m0/s1. The van der Waals surface area contributed by atoms with E-state index < -0.39 is 11.6 Å². The molecule has 0 saturated carbocycles. The molecule has 0 aliphatic heterocycles. The van der Waals surface area contributed by atoms with Gasteiger partial charge in [-0.05, 0) is 50.6 Å². The van der Waals surface area contributed by atoms with Crippen molar-refractivity contribution in [2.45, 2.75) is 39.9 Å². The molecule has 0 unspecified atom stereocenters. The van der Waals surface area contributed by atoms with Crippen molar-refractivity contribution >= 4 is 23.2 Å². The highest BCUT2D eigenvalue weighted by atomic mass is 35.5. The number of aryl methyl sites for hydroxylation is 1. The SMILES string of the molecule is Cc1nn(Cc2c(Cl)cccc2Cl)c(C)c1CN[C@@H](C)c1ccc(F)c(F)c1. The van der Waals surface area contributed by atoms with Gasteiger partial charge in [0.05, 0.1) is 12.2 Å². The van der Waals surface area contributed by atoms with Crippen LogP contribution in [0.25, 0.3) is 0 Å². The molecular weight excluding hydrogens is 403 g/mol. The van der Waals surface area contributed by atoms with Crippen LogP contribution in [0.5, 0.6) is 0 Å². The molecule has 0 amide bonds. The summed E-state index contributed by atoms with van der Waals surface area (Å²) in [5.74, 6) is -1.69. The van der Waals surface area contributed by atoms with Crippen LogP contribution < -0.4 is 5.32 Å². The molecule has 28 heavy (non-hydrogen) atoms. The van der Waals surface area contributed by atoms with Crippen LogP contribution in [0.4, 0.5) is 8.78 Å². The third kappa shape index (κ3) is 4.37. The zero-order valence-corrected chi connectivity index (χ0v) is 17.4. The van der Waals surface area contributed by atoms with Crippen molar-refractivity contribution in [1.82, 2.24) is 15.1 Å². The van der Waals surface area contributed by atoms with E-state index in [1.807, 2.05) is 31.5 Å². The van der Waals surface area contributed by atoms with Gasteiger partial charge < -0.3 is 5.32 Å². The third-order valence-electron chi connectivity index (χ3n) is 4.93. The molecule has 7 heteroatoms. The van der Waals surface area contributed by atoms with Crippen molar-refractivity contribution in [3.05, 3.63) is 86.2 Å². The lowest BCUT2D eigenvalue weighted by molar-refractivity contribution is 0.500. The topological polar surface area (TPSA) is 29.9 Å². The van der Waals surface area contributed by atoms with Gasteiger partial charge >= 0.3 is 0 Å². The highest BCUT2D eigenvalue weighted by Gasteiger charge is 2.16. The van der Waals surface area contributed by atoms with E-state index in [1.54, 1.807) is 18.2 Å². The molecule has 3 aromatic rings. The van der Waals surface area contributed by atoms with E-state index in [2.05, 4.69) is 10.4 Å². The quantitative estimate of drug-likeness (QED) is 0.527. The van der Waals surface area contributed by atoms with Crippen molar-refractivity contribution in [3.8, 4) is 0 Å². The van der Waals surface area contributed by atoms with E-state index in [0.717, 1.165) is 28.6 Å². The maximum absolute atomic E-state index is 13.5. The van der Waals surface area contributed by atoms with E-state index in [9.17, 15) is 8.78 Å². The van der Waals surface area contributed by atoms with Gasteiger partial charge in [0.1, 0.15) is 0 Å². The predicted molar refractivity (Wildman–Crippen MR) is 109 cm³/mol. The second-order valence-electron chi connectivity index (χ2n) is 6.78. The van der Waals surface area contributed by atoms with E-state index in [0.29, 0.717) is 28.7 Å². The van der Waals surface area contributed by atoms with Crippen molar-refractivity contribution < 1.29 is 8.78 Å². The summed E-state index contributed by atoms with van der Waals surface area (Å²) in [6.07, 6.45) is 0. The summed E-state index contributed by atoms with van der Waals surface area (Å²) in [5.41, 5.74) is 4.46. The third-order valence-corrected chi connectivity index (χ3v) is 5.64. The summed E-state index contributed by atoms with van der Waals surface area (Å²) in [5, 5.41) is 9.17. The Morgan fingerprint density at radius 3 is 2.36 bits per heavy atom. The Balaban J connectivity index is 1.75. The second kappa shape index (κ2) is 8.60. The fourth-order valence-corrected chi connectivity index (χ4v) is 3.65. The maximum atomic E-state index is 13.5. The lowest BCUT2D eigenvalue weighted by Gasteiger charge is -2.15. The van der Waals surface area contributed by atoms with Crippen molar-refractivity contribution in [3.63, 3.8) is 0 Å². The number of halogens is 4. The monoisotopic (exact) mass is 423 g/mol. The molecular formula is C21H21Cl2F2N3. The molecule has 3 nitrogen and oxygen atoms in total. The first-order chi connectivity index (χ1) is 13.3. The second-order valence-corrected chi connectivity index (χ2v) is 7.60. The predicted octanol–water partition coefficient (Wildman–Crippen LogP) is 5.98. The van der Waals surface area contributed by atoms with Crippen LogP contribution in [-0.2, 0) is 13.1 Å². The van der Waals surface area contributed by atoms with Crippen molar-refractivity contribution in [2.75, 3.05) is 0 Å². The molecule has 0 bridgehead atoms. The number of benzene rings is 2. The summed E-state index contributed by atoms with van der Waals surface area (Å²) in [6.45, 7) is 6.87. The van der Waals surface area contributed by atoms with Crippen LogP contribution in [0.15, 0.2) is 36.4 Å². The molecule has 2 aromatic carbocycles. The zero-order chi connectivity index (χ0) is 20.4. The molecule has 0 saturated heterocycles. The smallest absolute Gasteiger partial charge is 0.159 e. The first kappa shape index (κ1) is 20.8. The normalized spacial score (nSPS) is 12.4. The first-order valence-corrected chi connectivity index (χ1v) is 9.67. The molecule has 148 valence electrons. The first-order valence-electron chi connectivity index (χ1n) is 8.92. The number of aromatic nitrogens is 2. The molecule has 0 aliphatic rings. The van der Waals surface area contributed by atoms with Gasteiger partial charge in [0.25, 0.3) is 0 Å². The summed E-state index contributed by atoms with van der Waals surface area (Å²) in [4.78, 5) is 0. The Morgan fingerprint density at radius 2 is 1.71 bits per heavy atom. The maximum Gasteiger partial charge on any atom is 0.159 e. The highest BCUT2D eigenvalue weighted by Crippen LogP contribution is 2.26. The molecule has 1 N–H and O–H groups in total. The number of hydrogen-bond acceptors (Lipinski definition) is 2. The molecule has 1 heterocycles. The largest absolute Gasteiger partial charge is 0.306 e. The van der Waals surface area contributed by atoms with Gasteiger partial charge in [0.15, 0.2) is 11.6 Å². The summed E-state index contributed by atoms with van der Waals surface area (Å²) in [7, 11) is 0. The number of nitrogens with zero attached hydrogens (tertiary/aromatic N) is 2. The van der Waals surface area contributed by atoms with Gasteiger partial charge in [-0.3, -0.25) is 4.68 Å². The Labute approximate surface area is 173 Å². The molecule has 0 fully saturated rings.